The van der Waals surface area contributed by atoms with Gasteiger partial charge in [0.1, 0.15) is 16.9 Å². The highest BCUT2D eigenvalue weighted by Gasteiger charge is 2.08. The first-order valence-corrected chi connectivity index (χ1v) is 5.38. The number of halogens is 1. The first-order chi connectivity index (χ1) is 8.15. The molecule has 0 aliphatic rings. The summed E-state index contributed by atoms with van der Waals surface area (Å²) in [5, 5.41) is 10.6. The maximum atomic E-state index is 12.2. The van der Waals surface area contributed by atoms with Crippen molar-refractivity contribution in [2.75, 3.05) is 0 Å². The van der Waals surface area contributed by atoms with E-state index in [9.17, 15) is 9.90 Å². The van der Waals surface area contributed by atoms with Gasteiger partial charge in [0.15, 0.2) is 0 Å². The molecule has 0 amide bonds. The minimum absolute atomic E-state index is 0.0335. The van der Waals surface area contributed by atoms with E-state index in [1.807, 2.05) is 0 Å². The van der Waals surface area contributed by atoms with Crippen LogP contribution in [-0.4, -0.2) is 5.11 Å². The molecule has 0 atom stereocenters. The van der Waals surface area contributed by atoms with E-state index in [-0.39, 0.29) is 11.2 Å². The standard InChI is InChI=1S/C13H7ClO3/c14-7-1-3-11-9(5-7)13(16)10-6-8(15)2-4-12(10)17-11/h1-6,15H. The van der Waals surface area contributed by atoms with Crippen LogP contribution in [0.15, 0.2) is 45.6 Å². The van der Waals surface area contributed by atoms with Crippen LogP contribution in [-0.2, 0) is 0 Å². The highest BCUT2D eigenvalue weighted by Crippen LogP contribution is 2.23. The number of fused-ring (bicyclic) bond motifs is 2. The van der Waals surface area contributed by atoms with Crippen molar-refractivity contribution in [3.8, 4) is 5.75 Å². The molecular formula is C13H7ClO3. The maximum absolute atomic E-state index is 12.2. The molecule has 0 saturated heterocycles. The van der Waals surface area contributed by atoms with Crippen LogP contribution in [0.2, 0.25) is 5.02 Å². The minimum atomic E-state index is -0.195. The Morgan fingerprint density at radius 2 is 1.65 bits per heavy atom. The molecule has 0 fully saturated rings. The van der Waals surface area contributed by atoms with E-state index in [1.54, 1.807) is 24.3 Å². The number of phenols is 1. The molecular weight excluding hydrogens is 240 g/mol. The Bertz CT molecular complexity index is 727. The third-order valence-electron chi connectivity index (χ3n) is 2.61. The zero-order valence-electron chi connectivity index (χ0n) is 8.61. The lowest BCUT2D eigenvalue weighted by Crippen LogP contribution is -2.01. The number of rotatable bonds is 0. The zero-order valence-corrected chi connectivity index (χ0v) is 9.36. The van der Waals surface area contributed by atoms with Crippen LogP contribution >= 0.6 is 11.6 Å². The predicted octanol–water partition coefficient (Wildman–Crippen LogP) is 3.31. The molecule has 3 rings (SSSR count). The monoisotopic (exact) mass is 246 g/mol. The highest BCUT2D eigenvalue weighted by molar-refractivity contribution is 6.31. The zero-order chi connectivity index (χ0) is 12.0. The Morgan fingerprint density at radius 3 is 2.41 bits per heavy atom. The van der Waals surface area contributed by atoms with Gasteiger partial charge >= 0.3 is 0 Å². The SMILES string of the molecule is O=c1c2cc(O)ccc2oc2ccc(Cl)cc12. The number of benzene rings is 2. The lowest BCUT2D eigenvalue weighted by atomic mass is 10.1. The normalized spacial score (nSPS) is 11.1. The van der Waals surface area contributed by atoms with Crippen molar-refractivity contribution >= 4 is 33.5 Å². The molecule has 0 aliphatic carbocycles. The molecule has 2 aromatic carbocycles. The molecule has 1 N–H and O–H groups in total. The van der Waals surface area contributed by atoms with Crippen LogP contribution in [0.3, 0.4) is 0 Å². The van der Waals surface area contributed by atoms with Gasteiger partial charge in [0.2, 0.25) is 5.43 Å². The van der Waals surface area contributed by atoms with Crippen molar-refractivity contribution in [1.82, 2.24) is 0 Å². The second-order valence-electron chi connectivity index (χ2n) is 3.75. The van der Waals surface area contributed by atoms with E-state index >= 15 is 0 Å². The van der Waals surface area contributed by atoms with E-state index in [4.69, 9.17) is 16.0 Å². The highest BCUT2D eigenvalue weighted by atomic mass is 35.5. The van der Waals surface area contributed by atoms with Crippen molar-refractivity contribution in [1.29, 1.82) is 0 Å². The second-order valence-corrected chi connectivity index (χ2v) is 4.19. The molecule has 3 aromatic rings. The summed E-state index contributed by atoms with van der Waals surface area (Å²) in [6.45, 7) is 0. The minimum Gasteiger partial charge on any atom is -0.508 e. The molecule has 84 valence electrons. The summed E-state index contributed by atoms with van der Waals surface area (Å²) in [5.74, 6) is 0.0335. The van der Waals surface area contributed by atoms with Gasteiger partial charge in [-0.2, -0.15) is 0 Å². The summed E-state index contributed by atoms with van der Waals surface area (Å²) in [6, 6.07) is 9.32. The van der Waals surface area contributed by atoms with Crippen molar-refractivity contribution in [2.24, 2.45) is 0 Å². The molecule has 0 bridgehead atoms. The maximum Gasteiger partial charge on any atom is 0.200 e. The quantitative estimate of drug-likeness (QED) is 0.619. The smallest absolute Gasteiger partial charge is 0.200 e. The van der Waals surface area contributed by atoms with Crippen LogP contribution in [0, 0.1) is 0 Å². The van der Waals surface area contributed by atoms with Crippen LogP contribution in [0.4, 0.5) is 0 Å². The van der Waals surface area contributed by atoms with Gasteiger partial charge in [-0.1, -0.05) is 11.6 Å². The van der Waals surface area contributed by atoms with Gasteiger partial charge in [0, 0.05) is 5.02 Å². The molecule has 17 heavy (non-hydrogen) atoms. The summed E-state index contributed by atoms with van der Waals surface area (Å²) < 4.78 is 5.57. The van der Waals surface area contributed by atoms with Crippen LogP contribution < -0.4 is 5.43 Å². The van der Waals surface area contributed by atoms with Crippen LogP contribution in [0.1, 0.15) is 0 Å². The van der Waals surface area contributed by atoms with Gasteiger partial charge < -0.3 is 9.52 Å². The van der Waals surface area contributed by atoms with Crippen molar-refractivity contribution in [3.05, 3.63) is 51.6 Å². The number of phenolic OH excluding ortho intramolecular Hbond substituents is 1. The van der Waals surface area contributed by atoms with Crippen molar-refractivity contribution in [3.63, 3.8) is 0 Å². The lowest BCUT2D eigenvalue weighted by Gasteiger charge is -2.01. The number of aromatic hydroxyl groups is 1. The molecule has 1 aromatic heterocycles. The summed E-state index contributed by atoms with van der Waals surface area (Å²) in [7, 11) is 0. The second kappa shape index (κ2) is 3.50. The molecule has 0 aliphatic heterocycles. The molecule has 0 saturated carbocycles. The van der Waals surface area contributed by atoms with Gasteiger partial charge in [0.25, 0.3) is 0 Å². The van der Waals surface area contributed by atoms with Crippen molar-refractivity contribution in [2.45, 2.75) is 0 Å². The largest absolute Gasteiger partial charge is 0.508 e. The fourth-order valence-electron chi connectivity index (χ4n) is 1.82. The summed E-state index contributed by atoms with van der Waals surface area (Å²) >= 11 is 5.84. The van der Waals surface area contributed by atoms with Gasteiger partial charge in [-0.15, -0.1) is 0 Å². The van der Waals surface area contributed by atoms with Gasteiger partial charge in [0.05, 0.1) is 10.8 Å². The Morgan fingerprint density at radius 1 is 1.00 bits per heavy atom. The molecule has 4 heteroatoms. The first kappa shape index (κ1) is 10.2. The average molecular weight is 247 g/mol. The fourth-order valence-corrected chi connectivity index (χ4v) is 1.99. The predicted molar refractivity (Wildman–Crippen MR) is 66.7 cm³/mol. The third-order valence-corrected chi connectivity index (χ3v) is 2.85. The van der Waals surface area contributed by atoms with E-state index in [2.05, 4.69) is 0 Å². The van der Waals surface area contributed by atoms with Gasteiger partial charge in [-0.3, -0.25) is 4.79 Å². The first-order valence-electron chi connectivity index (χ1n) is 5.00. The van der Waals surface area contributed by atoms with E-state index in [1.165, 1.54) is 12.1 Å². The third kappa shape index (κ3) is 1.56. The summed E-state index contributed by atoms with van der Waals surface area (Å²) in [5.41, 5.74) is 0.736. The van der Waals surface area contributed by atoms with Gasteiger partial charge in [-0.25, -0.2) is 0 Å². The fraction of sp³-hybridized carbons (Fsp3) is 0. The molecule has 0 unspecified atom stereocenters. The summed E-state index contributed by atoms with van der Waals surface area (Å²) in [6.07, 6.45) is 0. The molecule has 0 radical (unpaired) electrons. The van der Waals surface area contributed by atoms with E-state index < -0.39 is 0 Å². The molecule has 3 nitrogen and oxygen atoms in total. The lowest BCUT2D eigenvalue weighted by molar-refractivity contribution is 0.475. The topological polar surface area (TPSA) is 50.4 Å². The Labute approximate surface area is 101 Å². The van der Waals surface area contributed by atoms with Crippen molar-refractivity contribution < 1.29 is 9.52 Å². The Kier molecular flexibility index (Phi) is 2.09. The van der Waals surface area contributed by atoms with Crippen LogP contribution in [0.25, 0.3) is 21.9 Å². The van der Waals surface area contributed by atoms with E-state index in [0.29, 0.717) is 27.0 Å². The average Bonchev–Trinajstić information content (AvgIpc) is 2.32. The molecule has 0 spiro atoms. The van der Waals surface area contributed by atoms with Gasteiger partial charge in [-0.05, 0) is 36.4 Å². The molecule has 1 heterocycles. The summed E-state index contributed by atoms with van der Waals surface area (Å²) in [4.78, 5) is 12.2. The van der Waals surface area contributed by atoms with E-state index in [0.717, 1.165) is 0 Å². The Hall–Kier alpha value is -2.00. The van der Waals surface area contributed by atoms with Crippen LogP contribution in [0.5, 0.6) is 5.75 Å². The number of hydrogen-bond donors (Lipinski definition) is 1. The Balaban J connectivity index is 2.58. The number of hydrogen-bond acceptors (Lipinski definition) is 3.